The molecule has 0 bridgehead atoms. The normalized spacial score (nSPS) is 22.0. The number of nitrogens with one attached hydrogen (secondary N) is 1. The Labute approximate surface area is 128 Å². The van der Waals surface area contributed by atoms with Gasteiger partial charge >= 0.3 is 0 Å². The van der Waals surface area contributed by atoms with Crippen molar-refractivity contribution in [3.63, 3.8) is 0 Å². The number of halogens is 1. The highest BCUT2D eigenvalue weighted by atomic mass is 19.1. The van der Waals surface area contributed by atoms with Gasteiger partial charge in [-0.2, -0.15) is 5.26 Å². The minimum absolute atomic E-state index is 0.0417. The molecule has 5 nitrogen and oxygen atoms in total. The van der Waals surface area contributed by atoms with Crippen molar-refractivity contribution in [2.45, 2.75) is 31.5 Å². The predicted octanol–water partition coefficient (Wildman–Crippen LogP) is 1.66. The molecular weight excluding hydrogens is 285 g/mol. The topological polar surface area (TPSA) is 73.2 Å². The van der Waals surface area contributed by atoms with Crippen LogP contribution >= 0.6 is 0 Å². The summed E-state index contributed by atoms with van der Waals surface area (Å²) in [5, 5.41) is 11.5. The summed E-state index contributed by atoms with van der Waals surface area (Å²) < 4.78 is 13.8. The fourth-order valence-corrected chi connectivity index (χ4v) is 2.42. The van der Waals surface area contributed by atoms with Crippen LogP contribution in [0.1, 0.15) is 30.1 Å². The molecule has 1 aliphatic heterocycles. The number of nitriles is 1. The van der Waals surface area contributed by atoms with Gasteiger partial charge in [0.25, 0.3) is 5.91 Å². The van der Waals surface area contributed by atoms with Crippen LogP contribution in [-0.4, -0.2) is 41.5 Å². The number of benzene rings is 1. The molecule has 1 saturated heterocycles. The molecule has 0 aromatic heterocycles. The van der Waals surface area contributed by atoms with Gasteiger partial charge in [0.1, 0.15) is 6.07 Å². The van der Waals surface area contributed by atoms with Gasteiger partial charge in [0.05, 0.1) is 6.54 Å². The van der Waals surface area contributed by atoms with Gasteiger partial charge in [0.2, 0.25) is 11.6 Å². The molecule has 0 aliphatic carbocycles. The molecule has 6 heteroatoms. The third kappa shape index (κ3) is 3.82. The number of carbonyl (C=O) groups is 2. The molecule has 116 valence electrons. The first-order chi connectivity index (χ1) is 10.4. The van der Waals surface area contributed by atoms with Crippen molar-refractivity contribution in [2.24, 2.45) is 0 Å². The van der Waals surface area contributed by atoms with Gasteiger partial charge in [-0.1, -0.05) is 18.2 Å². The number of likely N-dealkylation sites (tertiary alicyclic amines) is 1. The van der Waals surface area contributed by atoms with Crippen LogP contribution in [0.25, 0.3) is 0 Å². The van der Waals surface area contributed by atoms with E-state index in [2.05, 4.69) is 5.32 Å². The number of hydrogen-bond acceptors (Lipinski definition) is 3. The van der Waals surface area contributed by atoms with E-state index in [1.54, 1.807) is 37.3 Å². The Morgan fingerprint density at radius 3 is 2.73 bits per heavy atom. The molecule has 1 aromatic carbocycles. The minimum atomic E-state index is -1.94. The fraction of sp³-hybridized carbons (Fsp3) is 0.438. The first kappa shape index (κ1) is 16.0. The maximum Gasteiger partial charge on any atom is 0.251 e. The SMILES string of the molecule is C[C@@H](CC(=O)N1CC[C@@](F)(C#N)C1)NC(=O)c1ccccc1. The third-order valence-electron chi connectivity index (χ3n) is 3.67. The van der Waals surface area contributed by atoms with Crippen molar-refractivity contribution < 1.29 is 14.0 Å². The second kappa shape index (κ2) is 6.56. The second-order valence-electron chi connectivity index (χ2n) is 5.59. The van der Waals surface area contributed by atoms with Crippen molar-refractivity contribution in [2.75, 3.05) is 13.1 Å². The smallest absolute Gasteiger partial charge is 0.251 e. The zero-order valence-corrected chi connectivity index (χ0v) is 12.4. The number of rotatable bonds is 4. The lowest BCUT2D eigenvalue weighted by molar-refractivity contribution is -0.130. The number of nitrogens with zero attached hydrogens (tertiary/aromatic N) is 2. The van der Waals surface area contributed by atoms with Crippen LogP contribution in [0.15, 0.2) is 30.3 Å². The van der Waals surface area contributed by atoms with E-state index in [4.69, 9.17) is 5.26 Å². The first-order valence-corrected chi connectivity index (χ1v) is 7.17. The van der Waals surface area contributed by atoms with E-state index in [0.29, 0.717) is 5.56 Å². The van der Waals surface area contributed by atoms with Crippen LogP contribution in [-0.2, 0) is 4.79 Å². The molecule has 0 saturated carbocycles. The van der Waals surface area contributed by atoms with E-state index in [0.717, 1.165) is 0 Å². The second-order valence-corrected chi connectivity index (χ2v) is 5.59. The summed E-state index contributed by atoms with van der Waals surface area (Å²) in [6, 6.07) is 9.95. The van der Waals surface area contributed by atoms with Gasteiger partial charge in [0.15, 0.2) is 0 Å². The van der Waals surface area contributed by atoms with Crippen LogP contribution < -0.4 is 5.32 Å². The molecule has 2 rings (SSSR count). The maximum atomic E-state index is 13.8. The van der Waals surface area contributed by atoms with Crippen LogP contribution in [0.3, 0.4) is 0 Å². The number of hydrogen-bond donors (Lipinski definition) is 1. The third-order valence-corrected chi connectivity index (χ3v) is 3.67. The fourth-order valence-electron chi connectivity index (χ4n) is 2.42. The molecular formula is C16H18FN3O2. The summed E-state index contributed by atoms with van der Waals surface area (Å²) in [4.78, 5) is 25.4. The van der Waals surface area contributed by atoms with E-state index in [-0.39, 0.29) is 43.8 Å². The molecule has 22 heavy (non-hydrogen) atoms. The Bertz CT molecular complexity index is 599. The molecule has 2 atom stereocenters. The van der Waals surface area contributed by atoms with Gasteiger partial charge in [-0.05, 0) is 19.1 Å². The zero-order valence-electron chi connectivity index (χ0n) is 12.4. The number of amides is 2. The zero-order chi connectivity index (χ0) is 16.2. The number of alkyl halides is 1. The van der Waals surface area contributed by atoms with Crippen molar-refractivity contribution in [3.8, 4) is 6.07 Å². The molecule has 0 radical (unpaired) electrons. The Balaban J connectivity index is 1.85. The highest BCUT2D eigenvalue weighted by Gasteiger charge is 2.40. The van der Waals surface area contributed by atoms with Gasteiger partial charge in [-0.25, -0.2) is 4.39 Å². The van der Waals surface area contributed by atoms with Crippen molar-refractivity contribution in [3.05, 3.63) is 35.9 Å². The molecule has 0 spiro atoms. The highest BCUT2D eigenvalue weighted by Crippen LogP contribution is 2.25. The number of carbonyl (C=O) groups excluding carboxylic acids is 2. The molecule has 1 aliphatic rings. The summed E-state index contributed by atoms with van der Waals surface area (Å²) in [5.41, 5.74) is -1.41. The van der Waals surface area contributed by atoms with E-state index in [1.807, 2.05) is 6.07 Å². The van der Waals surface area contributed by atoms with E-state index < -0.39 is 5.67 Å². The predicted molar refractivity (Wildman–Crippen MR) is 78.6 cm³/mol. The summed E-state index contributed by atoms with van der Waals surface area (Å²) >= 11 is 0. The molecule has 0 unspecified atom stereocenters. The monoisotopic (exact) mass is 303 g/mol. The molecule has 1 N–H and O–H groups in total. The van der Waals surface area contributed by atoms with Crippen molar-refractivity contribution >= 4 is 11.8 Å². The van der Waals surface area contributed by atoms with Gasteiger partial charge < -0.3 is 10.2 Å². The molecule has 2 amide bonds. The quantitative estimate of drug-likeness (QED) is 0.919. The largest absolute Gasteiger partial charge is 0.349 e. The van der Waals surface area contributed by atoms with Crippen LogP contribution in [0.4, 0.5) is 4.39 Å². The lowest BCUT2D eigenvalue weighted by Gasteiger charge is -2.20. The Morgan fingerprint density at radius 2 is 2.14 bits per heavy atom. The standard InChI is InChI=1S/C16H18FN3O2/c1-12(19-15(22)13-5-3-2-4-6-13)9-14(21)20-8-7-16(17,10-18)11-20/h2-6,12H,7-9,11H2,1H3,(H,19,22)/t12-,16+/m0/s1. The molecule has 1 aromatic rings. The maximum absolute atomic E-state index is 13.8. The molecule has 1 fully saturated rings. The Kier molecular flexibility index (Phi) is 4.76. The van der Waals surface area contributed by atoms with Gasteiger partial charge in [0, 0.05) is 31.0 Å². The van der Waals surface area contributed by atoms with E-state index in [9.17, 15) is 14.0 Å². The lowest BCUT2D eigenvalue weighted by atomic mass is 10.1. The highest BCUT2D eigenvalue weighted by molar-refractivity contribution is 5.94. The Hall–Kier alpha value is -2.42. The average Bonchev–Trinajstić information content (AvgIpc) is 2.91. The van der Waals surface area contributed by atoms with E-state index >= 15 is 0 Å². The van der Waals surface area contributed by atoms with Crippen molar-refractivity contribution in [1.29, 1.82) is 5.26 Å². The summed E-state index contributed by atoms with van der Waals surface area (Å²) in [6.45, 7) is 1.77. The van der Waals surface area contributed by atoms with Crippen molar-refractivity contribution in [1.82, 2.24) is 10.2 Å². The van der Waals surface area contributed by atoms with Crippen LogP contribution in [0, 0.1) is 11.3 Å². The van der Waals surface area contributed by atoms with E-state index in [1.165, 1.54) is 4.90 Å². The minimum Gasteiger partial charge on any atom is -0.349 e. The van der Waals surface area contributed by atoms with Crippen LogP contribution in [0.2, 0.25) is 0 Å². The summed E-state index contributed by atoms with van der Waals surface area (Å²) in [7, 11) is 0. The summed E-state index contributed by atoms with van der Waals surface area (Å²) in [5.74, 6) is -0.505. The van der Waals surface area contributed by atoms with Gasteiger partial charge in [-0.15, -0.1) is 0 Å². The average molecular weight is 303 g/mol. The molecule has 1 heterocycles. The first-order valence-electron chi connectivity index (χ1n) is 7.17. The summed E-state index contributed by atoms with van der Waals surface area (Å²) in [6.07, 6.45) is 0.125. The van der Waals surface area contributed by atoms with Gasteiger partial charge in [-0.3, -0.25) is 9.59 Å². The Morgan fingerprint density at radius 1 is 1.45 bits per heavy atom. The lowest BCUT2D eigenvalue weighted by Crippen LogP contribution is -2.39. The van der Waals surface area contributed by atoms with Crippen LogP contribution in [0.5, 0.6) is 0 Å².